The molecule has 0 saturated carbocycles. The molecule has 0 unspecified atom stereocenters. The molecule has 0 radical (unpaired) electrons. The van der Waals surface area contributed by atoms with Crippen molar-refractivity contribution in [2.24, 2.45) is 21.5 Å². The molecule has 0 spiro atoms. The number of carbonyl (C=O) groups excluding carboxylic acids is 1. The lowest BCUT2D eigenvalue weighted by atomic mass is 10.1. The first kappa shape index (κ1) is 20.8. The van der Waals surface area contributed by atoms with E-state index < -0.39 is 12.0 Å². The van der Waals surface area contributed by atoms with E-state index in [1.165, 1.54) is 4.90 Å². The normalized spacial score (nSPS) is 17.4. The van der Waals surface area contributed by atoms with Gasteiger partial charge in [-0.2, -0.15) is 0 Å². The van der Waals surface area contributed by atoms with Crippen molar-refractivity contribution in [2.75, 3.05) is 39.4 Å². The number of unbranched alkanes of at least 4 members (excludes halogenated alkanes) is 1. The largest absolute Gasteiger partial charge is 0.480 e. The molecule has 1 aliphatic heterocycles. The van der Waals surface area contributed by atoms with Crippen LogP contribution in [0.15, 0.2) is 9.98 Å². The third-order valence-corrected chi connectivity index (χ3v) is 3.72. The second-order valence-electron chi connectivity index (χ2n) is 5.71. The van der Waals surface area contributed by atoms with E-state index in [0.29, 0.717) is 51.4 Å². The Bertz CT molecular complexity index is 482. The average Bonchev–Trinajstić information content (AvgIpc) is 2.60. The Balaban J connectivity index is 2.47. The van der Waals surface area contributed by atoms with Crippen LogP contribution < -0.4 is 22.1 Å². The minimum absolute atomic E-state index is 0.188. The number of nitrogens with zero attached hydrogens (tertiary/aromatic N) is 3. The van der Waals surface area contributed by atoms with Crippen LogP contribution in [-0.2, 0) is 4.79 Å². The van der Waals surface area contributed by atoms with E-state index in [-0.39, 0.29) is 12.7 Å². The molecule has 0 saturated heterocycles. The summed E-state index contributed by atoms with van der Waals surface area (Å²) < 4.78 is 0. The van der Waals surface area contributed by atoms with Gasteiger partial charge in [0.1, 0.15) is 12.7 Å². The number of aliphatic carboxylic acids is 1. The van der Waals surface area contributed by atoms with Crippen LogP contribution >= 0.6 is 0 Å². The Morgan fingerprint density at radius 2 is 2.28 bits per heavy atom. The van der Waals surface area contributed by atoms with Crippen molar-refractivity contribution >= 4 is 24.1 Å². The third-order valence-electron chi connectivity index (χ3n) is 3.72. The summed E-state index contributed by atoms with van der Waals surface area (Å²) in [6.07, 6.45) is 4.14. The Morgan fingerprint density at radius 1 is 1.48 bits per heavy atom. The number of hydrogen-bond donors (Lipinski definition) is 5. The first-order valence-electron chi connectivity index (χ1n) is 8.50. The van der Waals surface area contributed by atoms with Gasteiger partial charge in [-0.05, 0) is 19.4 Å². The molecule has 1 rings (SSSR count). The van der Waals surface area contributed by atoms with Gasteiger partial charge in [-0.15, -0.1) is 0 Å². The molecule has 10 nitrogen and oxygen atoms in total. The molecule has 1 heterocycles. The van der Waals surface area contributed by atoms with E-state index in [2.05, 4.69) is 20.6 Å². The molecule has 0 aliphatic carbocycles. The number of nitrogens with one attached hydrogen (secondary N) is 2. The maximum Gasteiger partial charge on any atom is 0.320 e. The first-order valence-corrected chi connectivity index (χ1v) is 8.50. The zero-order valence-corrected chi connectivity index (χ0v) is 14.5. The average molecular weight is 355 g/mol. The number of rotatable bonds is 9. The number of urea groups is 1. The number of nitrogens with two attached hydrogens (primary N) is 2. The van der Waals surface area contributed by atoms with E-state index in [1.54, 1.807) is 6.21 Å². The van der Waals surface area contributed by atoms with Crippen molar-refractivity contribution in [3.05, 3.63) is 0 Å². The van der Waals surface area contributed by atoms with E-state index in [9.17, 15) is 14.7 Å². The van der Waals surface area contributed by atoms with Gasteiger partial charge in [-0.3, -0.25) is 14.8 Å². The summed E-state index contributed by atoms with van der Waals surface area (Å²) in [5.74, 6) is -0.423. The second kappa shape index (κ2) is 12.2. The van der Waals surface area contributed by atoms with Gasteiger partial charge in [-0.1, -0.05) is 6.42 Å². The zero-order valence-electron chi connectivity index (χ0n) is 14.5. The van der Waals surface area contributed by atoms with Gasteiger partial charge in [0.25, 0.3) is 0 Å². The van der Waals surface area contributed by atoms with E-state index in [4.69, 9.17) is 11.5 Å². The number of aliphatic imine (C=N–C) groups is 2. The number of carbonyl (C=O) groups is 2. The van der Waals surface area contributed by atoms with Gasteiger partial charge in [0.15, 0.2) is 0 Å². The smallest absolute Gasteiger partial charge is 0.320 e. The van der Waals surface area contributed by atoms with Gasteiger partial charge in [0, 0.05) is 32.3 Å². The van der Waals surface area contributed by atoms with E-state index in [1.807, 2.05) is 0 Å². The summed E-state index contributed by atoms with van der Waals surface area (Å²) in [4.78, 5) is 33.2. The fourth-order valence-electron chi connectivity index (χ4n) is 2.28. The highest BCUT2D eigenvalue weighted by Crippen LogP contribution is 2.01. The first-order chi connectivity index (χ1) is 12.0. The number of hydrogen-bond acceptors (Lipinski definition) is 7. The quantitative estimate of drug-likeness (QED) is 0.332. The molecule has 10 heteroatoms. The highest BCUT2D eigenvalue weighted by atomic mass is 16.4. The molecule has 0 aromatic carbocycles. The molecule has 2 amide bonds. The molecule has 142 valence electrons. The molecule has 0 bridgehead atoms. The van der Waals surface area contributed by atoms with Crippen molar-refractivity contribution < 1.29 is 14.7 Å². The fraction of sp³-hybridized carbons (Fsp3) is 0.733. The van der Waals surface area contributed by atoms with Crippen LogP contribution in [0.1, 0.15) is 25.7 Å². The number of carboxylic acids is 1. The third kappa shape index (κ3) is 9.01. The Hall–Kier alpha value is -2.20. The Kier molecular flexibility index (Phi) is 10.2. The lowest BCUT2D eigenvalue weighted by Gasteiger charge is -2.22. The highest BCUT2D eigenvalue weighted by molar-refractivity contribution is 5.83. The van der Waals surface area contributed by atoms with Crippen LogP contribution in [-0.4, -0.2) is 79.5 Å². The molecule has 0 fully saturated rings. The van der Waals surface area contributed by atoms with Gasteiger partial charge >= 0.3 is 12.0 Å². The topological polar surface area (TPSA) is 158 Å². The highest BCUT2D eigenvalue weighted by Gasteiger charge is 2.18. The van der Waals surface area contributed by atoms with Crippen molar-refractivity contribution in [3.63, 3.8) is 0 Å². The van der Waals surface area contributed by atoms with E-state index >= 15 is 0 Å². The maximum absolute atomic E-state index is 12.2. The molecular weight excluding hydrogens is 326 g/mol. The molecule has 0 aromatic rings. The Labute approximate surface area is 147 Å². The summed E-state index contributed by atoms with van der Waals surface area (Å²) in [6, 6.07) is -0.904. The zero-order chi connectivity index (χ0) is 18.5. The number of carboxylic acid groups (broad SMARTS) is 1. The van der Waals surface area contributed by atoms with Crippen LogP contribution in [0.3, 0.4) is 0 Å². The summed E-state index contributed by atoms with van der Waals surface area (Å²) >= 11 is 0. The summed E-state index contributed by atoms with van der Waals surface area (Å²) in [6.45, 7) is 2.23. The van der Waals surface area contributed by atoms with Crippen LogP contribution in [0.25, 0.3) is 0 Å². The molecule has 1 atom stereocenters. The predicted molar refractivity (Wildman–Crippen MR) is 96.9 cm³/mol. The number of amidine groups is 1. The fourth-order valence-corrected chi connectivity index (χ4v) is 2.28. The maximum atomic E-state index is 12.2. The second-order valence-corrected chi connectivity index (χ2v) is 5.71. The van der Waals surface area contributed by atoms with Crippen LogP contribution in [0.5, 0.6) is 0 Å². The van der Waals surface area contributed by atoms with Gasteiger partial charge in [0.05, 0.1) is 12.4 Å². The monoisotopic (exact) mass is 355 g/mol. The number of amides is 2. The summed E-state index contributed by atoms with van der Waals surface area (Å²) in [5.41, 5.74) is 11.1. The van der Waals surface area contributed by atoms with Gasteiger partial charge < -0.3 is 32.1 Å². The molecule has 7 N–H and O–H groups in total. The van der Waals surface area contributed by atoms with E-state index in [0.717, 1.165) is 12.8 Å². The summed E-state index contributed by atoms with van der Waals surface area (Å²) in [7, 11) is 0. The SMILES string of the molecule is NCCCC[C@H](NCCN1CN=CCN=C(N)CCNC1=O)C(=O)O. The Morgan fingerprint density at radius 3 is 3.00 bits per heavy atom. The van der Waals surface area contributed by atoms with Crippen molar-refractivity contribution in [3.8, 4) is 0 Å². The lowest BCUT2D eigenvalue weighted by Crippen LogP contribution is -2.46. The molecule has 0 aromatic heterocycles. The minimum Gasteiger partial charge on any atom is -0.480 e. The van der Waals surface area contributed by atoms with Gasteiger partial charge in [0.2, 0.25) is 0 Å². The minimum atomic E-state index is -0.899. The van der Waals surface area contributed by atoms with Crippen LogP contribution in [0.4, 0.5) is 4.79 Å². The molecular formula is C15H29N7O3. The van der Waals surface area contributed by atoms with Crippen molar-refractivity contribution in [2.45, 2.75) is 31.7 Å². The summed E-state index contributed by atoms with van der Waals surface area (Å²) in [5, 5.41) is 15.0. The predicted octanol–water partition coefficient (Wildman–Crippen LogP) is -1.04. The van der Waals surface area contributed by atoms with Gasteiger partial charge in [-0.25, -0.2) is 4.79 Å². The lowest BCUT2D eigenvalue weighted by molar-refractivity contribution is -0.139. The van der Waals surface area contributed by atoms with Crippen molar-refractivity contribution in [1.82, 2.24) is 15.5 Å². The standard InChI is InChI=1S/C15H29N7O3/c16-5-2-1-3-12(14(23)24)19-9-10-22-11-18-7-8-20-13(17)4-6-21-15(22)25/h7,12,19H,1-6,8-11,16H2,(H2,17,20)(H,21,25)(H,23,24)/t12-/m0/s1. The molecule has 25 heavy (non-hydrogen) atoms. The molecule has 1 aliphatic rings. The van der Waals surface area contributed by atoms with Crippen LogP contribution in [0.2, 0.25) is 0 Å². The van der Waals surface area contributed by atoms with Crippen molar-refractivity contribution in [1.29, 1.82) is 0 Å². The van der Waals surface area contributed by atoms with Crippen LogP contribution in [0, 0.1) is 0 Å².